The number of nitrogens with zero attached hydrogens (tertiary/aromatic N) is 1. The minimum absolute atomic E-state index is 0.432. The van der Waals surface area contributed by atoms with Crippen molar-refractivity contribution in [2.45, 2.75) is 44.6 Å². The second kappa shape index (κ2) is 6.94. The van der Waals surface area contributed by atoms with Crippen LogP contribution in [0.15, 0.2) is 17.1 Å². The van der Waals surface area contributed by atoms with Crippen LogP contribution in [-0.4, -0.2) is 39.3 Å². The Morgan fingerprint density at radius 3 is 2.63 bits per heavy atom. The van der Waals surface area contributed by atoms with Gasteiger partial charge >= 0.3 is 0 Å². The van der Waals surface area contributed by atoms with Crippen molar-refractivity contribution < 1.29 is 4.74 Å². The van der Waals surface area contributed by atoms with E-state index in [0.717, 1.165) is 38.4 Å². The molecule has 108 valence electrons. The lowest BCUT2D eigenvalue weighted by Crippen LogP contribution is -2.48. The molecule has 0 radical (unpaired) electrons. The highest BCUT2D eigenvalue weighted by Gasteiger charge is 2.36. The largest absolute Gasteiger partial charge is 0.385 e. The van der Waals surface area contributed by atoms with Gasteiger partial charge in [-0.3, -0.25) is 4.99 Å². The molecule has 0 saturated heterocycles. The fraction of sp³-hybridized carbons (Fsp3) is 0.800. The van der Waals surface area contributed by atoms with Crippen LogP contribution in [0.2, 0.25) is 0 Å². The van der Waals surface area contributed by atoms with E-state index in [2.05, 4.69) is 27.8 Å². The van der Waals surface area contributed by atoms with Gasteiger partial charge in [-0.1, -0.05) is 18.6 Å². The van der Waals surface area contributed by atoms with Gasteiger partial charge in [0.05, 0.1) is 0 Å². The molecule has 4 nitrogen and oxygen atoms in total. The average Bonchev–Trinajstić information content (AvgIpc) is 2.88. The monoisotopic (exact) mass is 265 g/mol. The zero-order chi connectivity index (χ0) is 13.6. The van der Waals surface area contributed by atoms with E-state index in [1.165, 1.54) is 19.3 Å². The third-order valence-corrected chi connectivity index (χ3v) is 4.45. The summed E-state index contributed by atoms with van der Waals surface area (Å²) in [6.45, 7) is 1.87. The SMILES string of the molecule is CN=C(NCC1(CCOC)CCC1)NC1CC=CC1. The highest BCUT2D eigenvalue weighted by molar-refractivity contribution is 5.80. The normalized spacial score (nSPS) is 22.3. The van der Waals surface area contributed by atoms with Crippen molar-refractivity contribution >= 4 is 5.96 Å². The van der Waals surface area contributed by atoms with Gasteiger partial charge in [-0.05, 0) is 37.5 Å². The molecule has 0 heterocycles. The predicted molar refractivity (Wildman–Crippen MR) is 79.4 cm³/mol. The van der Waals surface area contributed by atoms with Crippen LogP contribution < -0.4 is 10.6 Å². The molecule has 19 heavy (non-hydrogen) atoms. The summed E-state index contributed by atoms with van der Waals surface area (Å²) in [6, 6.07) is 0.516. The Kier molecular flexibility index (Phi) is 5.25. The van der Waals surface area contributed by atoms with Crippen molar-refractivity contribution in [3.8, 4) is 0 Å². The first-order chi connectivity index (χ1) is 9.28. The first kappa shape index (κ1) is 14.4. The summed E-state index contributed by atoms with van der Waals surface area (Å²) in [5.41, 5.74) is 0.432. The molecule has 0 aromatic rings. The maximum Gasteiger partial charge on any atom is 0.191 e. The Bertz CT molecular complexity index is 326. The Morgan fingerprint density at radius 1 is 1.37 bits per heavy atom. The number of methoxy groups -OCH3 is 1. The molecule has 0 aromatic carbocycles. The number of aliphatic imine (C=N–C) groups is 1. The van der Waals surface area contributed by atoms with E-state index < -0.39 is 0 Å². The van der Waals surface area contributed by atoms with Crippen molar-refractivity contribution in [2.24, 2.45) is 10.4 Å². The Balaban J connectivity index is 1.75. The van der Waals surface area contributed by atoms with E-state index in [4.69, 9.17) is 4.74 Å². The van der Waals surface area contributed by atoms with Crippen LogP contribution in [0.5, 0.6) is 0 Å². The number of rotatable bonds is 6. The van der Waals surface area contributed by atoms with Crippen LogP contribution >= 0.6 is 0 Å². The lowest BCUT2D eigenvalue weighted by Gasteiger charge is -2.42. The minimum Gasteiger partial charge on any atom is -0.385 e. The maximum absolute atomic E-state index is 5.23. The molecule has 0 spiro atoms. The van der Waals surface area contributed by atoms with Crippen molar-refractivity contribution in [3.05, 3.63) is 12.2 Å². The molecule has 0 aromatic heterocycles. The topological polar surface area (TPSA) is 45.7 Å². The van der Waals surface area contributed by atoms with Gasteiger partial charge in [-0.25, -0.2) is 0 Å². The van der Waals surface area contributed by atoms with Gasteiger partial charge in [0, 0.05) is 33.4 Å². The summed E-state index contributed by atoms with van der Waals surface area (Å²) >= 11 is 0. The number of hydrogen-bond donors (Lipinski definition) is 2. The first-order valence-corrected chi connectivity index (χ1v) is 7.39. The molecule has 2 rings (SSSR count). The van der Waals surface area contributed by atoms with Gasteiger partial charge in [-0.15, -0.1) is 0 Å². The van der Waals surface area contributed by atoms with Gasteiger partial charge in [-0.2, -0.15) is 0 Å². The molecule has 2 aliphatic rings. The van der Waals surface area contributed by atoms with Crippen molar-refractivity contribution in [2.75, 3.05) is 27.3 Å². The Hall–Kier alpha value is -1.03. The van der Waals surface area contributed by atoms with Crippen molar-refractivity contribution in [3.63, 3.8) is 0 Å². The maximum atomic E-state index is 5.23. The lowest BCUT2D eigenvalue weighted by molar-refractivity contribution is 0.0732. The van der Waals surface area contributed by atoms with E-state index >= 15 is 0 Å². The molecule has 2 N–H and O–H groups in total. The molecular formula is C15H27N3O. The van der Waals surface area contributed by atoms with E-state index in [0.29, 0.717) is 11.5 Å². The van der Waals surface area contributed by atoms with Crippen LogP contribution in [0.3, 0.4) is 0 Å². The lowest BCUT2D eigenvalue weighted by atomic mass is 9.67. The fourth-order valence-corrected chi connectivity index (χ4v) is 2.90. The Labute approximate surface area is 116 Å². The third kappa shape index (κ3) is 3.96. The van der Waals surface area contributed by atoms with Gasteiger partial charge < -0.3 is 15.4 Å². The van der Waals surface area contributed by atoms with Crippen LogP contribution in [0.25, 0.3) is 0 Å². The van der Waals surface area contributed by atoms with Gasteiger partial charge in [0.1, 0.15) is 0 Å². The van der Waals surface area contributed by atoms with Crippen LogP contribution in [0.4, 0.5) is 0 Å². The molecule has 2 aliphatic carbocycles. The third-order valence-electron chi connectivity index (χ3n) is 4.45. The van der Waals surface area contributed by atoms with Crippen LogP contribution in [0, 0.1) is 5.41 Å². The van der Waals surface area contributed by atoms with Crippen LogP contribution in [-0.2, 0) is 4.74 Å². The zero-order valence-corrected chi connectivity index (χ0v) is 12.2. The average molecular weight is 265 g/mol. The molecule has 0 atom stereocenters. The molecule has 0 aliphatic heterocycles. The number of ether oxygens (including phenoxy) is 1. The number of nitrogens with one attached hydrogen (secondary N) is 2. The number of hydrogen-bond acceptors (Lipinski definition) is 2. The van der Waals surface area contributed by atoms with E-state index in [1.807, 2.05) is 7.05 Å². The van der Waals surface area contributed by atoms with E-state index in [-0.39, 0.29) is 0 Å². The standard InChI is InChI=1S/C15H27N3O/c1-16-14(18-13-6-3-4-7-13)17-12-15(8-5-9-15)10-11-19-2/h3-4,13H,5-12H2,1-2H3,(H2,16,17,18). The Morgan fingerprint density at radius 2 is 2.11 bits per heavy atom. The molecule has 0 unspecified atom stereocenters. The fourth-order valence-electron chi connectivity index (χ4n) is 2.90. The molecule has 4 heteroatoms. The zero-order valence-electron chi connectivity index (χ0n) is 12.2. The summed E-state index contributed by atoms with van der Waals surface area (Å²) in [5.74, 6) is 0.942. The molecule has 0 amide bonds. The minimum atomic E-state index is 0.432. The summed E-state index contributed by atoms with van der Waals surface area (Å²) in [4.78, 5) is 4.33. The summed E-state index contributed by atoms with van der Waals surface area (Å²) in [7, 11) is 3.63. The van der Waals surface area contributed by atoms with Gasteiger partial charge in [0.2, 0.25) is 0 Å². The predicted octanol–water partition coefficient (Wildman–Crippen LogP) is 2.08. The van der Waals surface area contributed by atoms with Crippen molar-refractivity contribution in [1.29, 1.82) is 0 Å². The highest BCUT2D eigenvalue weighted by atomic mass is 16.5. The van der Waals surface area contributed by atoms with E-state index in [9.17, 15) is 0 Å². The smallest absolute Gasteiger partial charge is 0.191 e. The number of guanidine groups is 1. The van der Waals surface area contributed by atoms with Gasteiger partial charge in [0.25, 0.3) is 0 Å². The molecule has 1 fully saturated rings. The van der Waals surface area contributed by atoms with E-state index in [1.54, 1.807) is 7.11 Å². The second-order valence-electron chi connectivity index (χ2n) is 5.81. The summed E-state index contributed by atoms with van der Waals surface area (Å²) < 4.78 is 5.23. The summed E-state index contributed by atoms with van der Waals surface area (Å²) in [6.07, 6.45) is 11.8. The quantitative estimate of drug-likeness (QED) is 0.439. The molecule has 1 saturated carbocycles. The molecular weight excluding hydrogens is 238 g/mol. The first-order valence-electron chi connectivity index (χ1n) is 7.39. The second-order valence-corrected chi connectivity index (χ2v) is 5.81. The summed E-state index contributed by atoms with van der Waals surface area (Å²) in [5, 5.41) is 6.99. The van der Waals surface area contributed by atoms with Crippen molar-refractivity contribution in [1.82, 2.24) is 10.6 Å². The van der Waals surface area contributed by atoms with Gasteiger partial charge in [0.15, 0.2) is 5.96 Å². The molecule has 0 bridgehead atoms. The highest BCUT2D eigenvalue weighted by Crippen LogP contribution is 2.43. The van der Waals surface area contributed by atoms with Crippen LogP contribution in [0.1, 0.15) is 38.5 Å².